The Bertz CT molecular complexity index is 1210. The number of fused-ring (bicyclic) bond motifs is 1. The SMILES string of the molecule is Cc1cc(NC[C@@H](N)c2ccsc2)n2nc(N[C@H](CC#N)c3cccc(Cl)c3)nc2n1. The van der Waals surface area contributed by atoms with Crippen LogP contribution in [-0.2, 0) is 0 Å². The molecule has 0 aliphatic heterocycles. The highest BCUT2D eigenvalue weighted by molar-refractivity contribution is 7.07. The van der Waals surface area contributed by atoms with Gasteiger partial charge in [0.25, 0.3) is 5.78 Å². The third-order valence-electron chi connectivity index (χ3n) is 4.76. The number of nitrogens with zero attached hydrogens (tertiary/aromatic N) is 5. The molecule has 0 unspecified atom stereocenters. The average molecular weight is 453 g/mol. The first-order valence-electron chi connectivity index (χ1n) is 9.68. The van der Waals surface area contributed by atoms with Crippen LogP contribution in [-0.4, -0.2) is 26.1 Å². The van der Waals surface area contributed by atoms with Crippen molar-refractivity contribution in [3.63, 3.8) is 0 Å². The Kier molecular flexibility index (Phi) is 6.32. The summed E-state index contributed by atoms with van der Waals surface area (Å²) in [7, 11) is 0. The van der Waals surface area contributed by atoms with Crippen molar-refractivity contribution in [3.8, 4) is 6.07 Å². The lowest BCUT2D eigenvalue weighted by Gasteiger charge is -2.15. The van der Waals surface area contributed by atoms with Crippen molar-refractivity contribution in [3.05, 3.63) is 69.0 Å². The van der Waals surface area contributed by atoms with E-state index in [1.54, 1.807) is 21.9 Å². The second-order valence-corrected chi connectivity index (χ2v) is 8.30. The van der Waals surface area contributed by atoms with Crippen LogP contribution in [0.15, 0.2) is 47.2 Å². The van der Waals surface area contributed by atoms with E-state index in [0.717, 1.165) is 22.6 Å². The molecule has 3 aromatic heterocycles. The molecule has 31 heavy (non-hydrogen) atoms. The maximum Gasteiger partial charge on any atom is 0.256 e. The smallest absolute Gasteiger partial charge is 0.256 e. The van der Waals surface area contributed by atoms with E-state index < -0.39 is 0 Å². The van der Waals surface area contributed by atoms with Crippen molar-refractivity contribution >= 4 is 40.5 Å². The van der Waals surface area contributed by atoms with Crippen molar-refractivity contribution in [2.45, 2.75) is 25.4 Å². The summed E-state index contributed by atoms with van der Waals surface area (Å²) in [5, 5.41) is 25.1. The Morgan fingerprint density at radius 1 is 1.26 bits per heavy atom. The number of aromatic nitrogens is 4. The van der Waals surface area contributed by atoms with Crippen LogP contribution >= 0.6 is 22.9 Å². The lowest BCUT2D eigenvalue weighted by molar-refractivity contribution is 0.757. The van der Waals surface area contributed by atoms with Gasteiger partial charge in [0.2, 0.25) is 5.95 Å². The zero-order chi connectivity index (χ0) is 21.8. The van der Waals surface area contributed by atoms with E-state index >= 15 is 0 Å². The van der Waals surface area contributed by atoms with E-state index in [4.69, 9.17) is 17.3 Å². The molecule has 0 radical (unpaired) electrons. The fourth-order valence-corrected chi connectivity index (χ4v) is 4.14. The number of nitrogens with one attached hydrogen (secondary N) is 2. The first-order chi connectivity index (χ1) is 15.0. The number of halogens is 1. The van der Waals surface area contributed by atoms with Crippen molar-refractivity contribution < 1.29 is 0 Å². The lowest BCUT2D eigenvalue weighted by atomic mass is 10.0. The van der Waals surface area contributed by atoms with E-state index in [1.165, 1.54) is 0 Å². The summed E-state index contributed by atoms with van der Waals surface area (Å²) in [6.07, 6.45) is 0.239. The molecule has 0 fully saturated rings. The molecule has 3 heterocycles. The van der Waals surface area contributed by atoms with Crippen LogP contribution in [0, 0.1) is 18.3 Å². The highest BCUT2D eigenvalue weighted by atomic mass is 35.5. The largest absolute Gasteiger partial charge is 0.368 e. The van der Waals surface area contributed by atoms with Crippen LogP contribution in [0.1, 0.15) is 35.3 Å². The van der Waals surface area contributed by atoms with Gasteiger partial charge < -0.3 is 16.4 Å². The predicted molar refractivity (Wildman–Crippen MR) is 123 cm³/mol. The van der Waals surface area contributed by atoms with E-state index in [2.05, 4.69) is 31.8 Å². The van der Waals surface area contributed by atoms with E-state index in [9.17, 15) is 5.26 Å². The summed E-state index contributed by atoms with van der Waals surface area (Å²) >= 11 is 7.74. The van der Waals surface area contributed by atoms with Crippen LogP contribution < -0.4 is 16.4 Å². The molecule has 2 atom stereocenters. The minimum absolute atomic E-state index is 0.140. The molecule has 4 aromatic rings. The van der Waals surface area contributed by atoms with Gasteiger partial charge in [0.05, 0.1) is 18.5 Å². The quantitative estimate of drug-likeness (QED) is 0.364. The monoisotopic (exact) mass is 452 g/mol. The molecule has 0 bridgehead atoms. The van der Waals surface area contributed by atoms with Gasteiger partial charge in [-0.05, 0) is 47.0 Å². The number of benzene rings is 1. The molecule has 0 aliphatic carbocycles. The molecular weight excluding hydrogens is 432 g/mol. The molecule has 0 saturated heterocycles. The molecular formula is C21H21ClN8S. The number of hydrogen-bond donors (Lipinski definition) is 3. The molecule has 10 heteroatoms. The average Bonchev–Trinajstić information content (AvgIpc) is 3.41. The standard InChI is InChI=1S/C21H21ClN8S/c1-13-9-19(25-11-17(24)15-6-8-31-12-15)30-21(26-13)28-20(29-30)27-18(5-7-23)14-3-2-4-16(22)10-14/h2-4,6,8-10,12,17-18,25H,5,11,24H2,1H3,(H,27,29)/t17-,18-/m1/s1. The van der Waals surface area contributed by atoms with Gasteiger partial charge >= 0.3 is 0 Å². The zero-order valence-electron chi connectivity index (χ0n) is 16.8. The fourth-order valence-electron chi connectivity index (χ4n) is 3.21. The summed E-state index contributed by atoms with van der Waals surface area (Å²) in [5.41, 5.74) is 9.06. The highest BCUT2D eigenvalue weighted by Gasteiger charge is 2.17. The van der Waals surface area contributed by atoms with E-state index in [1.807, 2.05) is 48.0 Å². The fraction of sp³-hybridized carbons (Fsp3) is 0.238. The molecule has 1 aromatic carbocycles. The number of rotatable bonds is 8. The summed E-state index contributed by atoms with van der Waals surface area (Å²) in [5.74, 6) is 1.58. The Labute approximate surface area is 188 Å². The van der Waals surface area contributed by atoms with Gasteiger partial charge in [0.1, 0.15) is 5.82 Å². The molecule has 0 spiro atoms. The van der Waals surface area contributed by atoms with Gasteiger partial charge in [-0.25, -0.2) is 4.98 Å². The molecule has 0 amide bonds. The van der Waals surface area contributed by atoms with Crippen LogP contribution in [0.5, 0.6) is 0 Å². The summed E-state index contributed by atoms with van der Waals surface area (Å²) < 4.78 is 1.64. The highest BCUT2D eigenvalue weighted by Crippen LogP contribution is 2.24. The van der Waals surface area contributed by atoms with Crippen molar-refractivity contribution in [1.29, 1.82) is 5.26 Å². The van der Waals surface area contributed by atoms with Gasteiger partial charge in [-0.3, -0.25) is 0 Å². The number of aryl methyl sites for hydroxylation is 1. The van der Waals surface area contributed by atoms with E-state index in [-0.39, 0.29) is 18.5 Å². The van der Waals surface area contributed by atoms with Crippen LogP contribution in [0.4, 0.5) is 11.8 Å². The van der Waals surface area contributed by atoms with Gasteiger partial charge in [-0.15, -0.1) is 5.10 Å². The normalized spacial score (nSPS) is 13.0. The van der Waals surface area contributed by atoms with Crippen LogP contribution in [0.3, 0.4) is 0 Å². The lowest BCUT2D eigenvalue weighted by Crippen LogP contribution is -2.21. The Hall–Kier alpha value is -3.19. The van der Waals surface area contributed by atoms with Crippen LogP contribution in [0.2, 0.25) is 5.02 Å². The number of hydrogen-bond acceptors (Lipinski definition) is 8. The number of nitrogens with two attached hydrogens (primary N) is 1. The first kappa shape index (κ1) is 21.1. The Morgan fingerprint density at radius 3 is 2.87 bits per heavy atom. The minimum atomic E-state index is -0.300. The Balaban J connectivity index is 1.58. The second kappa shape index (κ2) is 9.31. The maximum absolute atomic E-state index is 9.26. The summed E-state index contributed by atoms with van der Waals surface area (Å²) in [6, 6.07) is 13.1. The van der Waals surface area contributed by atoms with Gasteiger partial charge in [0, 0.05) is 29.4 Å². The van der Waals surface area contributed by atoms with Crippen LogP contribution in [0.25, 0.3) is 5.78 Å². The number of anilines is 2. The molecule has 4 rings (SSSR count). The third-order valence-corrected chi connectivity index (χ3v) is 5.70. The minimum Gasteiger partial charge on any atom is -0.368 e. The summed E-state index contributed by atoms with van der Waals surface area (Å²) in [4.78, 5) is 8.97. The molecule has 4 N–H and O–H groups in total. The topological polar surface area (TPSA) is 117 Å². The molecule has 8 nitrogen and oxygen atoms in total. The van der Waals surface area contributed by atoms with Crippen molar-refractivity contribution in [1.82, 2.24) is 19.6 Å². The second-order valence-electron chi connectivity index (χ2n) is 7.09. The van der Waals surface area contributed by atoms with Crippen molar-refractivity contribution in [2.75, 3.05) is 17.2 Å². The molecule has 0 saturated carbocycles. The number of nitriles is 1. The van der Waals surface area contributed by atoms with Gasteiger partial charge in [-0.2, -0.15) is 26.1 Å². The third kappa shape index (κ3) is 4.94. The zero-order valence-corrected chi connectivity index (χ0v) is 18.4. The van der Waals surface area contributed by atoms with Crippen molar-refractivity contribution in [2.24, 2.45) is 5.73 Å². The maximum atomic E-state index is 9.26. The van der Waals surface area contributed by atoms with Gasteiger partial charge in [0.15, 0.2) is 0 Å². The predicted octanol–water partition coefficient (Wildman–Crippen LogP) is 4.33. The first-order valence-corrected chi connectivity index (χ1v) is 11.0. The van der Waals surface area contributed by atoms with Gasteiger partial charge in [-0.1, -0.05) is 23.7 Å². The van der Waals surface area contributed by atoms with E-state index in [0.29, 0.717) is 23.3 Å². The summed E-state index contributed by atoms with van der Waals surface area (Å²) in [6.45, 7) is 2.44. The molecule has 0 aliphatic rings. The molecule has 158 valence electrons. The number of thiophene rings is 1. The Morgan fingerprint density at radius 2 is 2.13 bits per heavy atom.